The molecular formula is C28H27N3O4. The lowest BCUT2D eigenvalue weighted by Gasteiger charge is -2.44. The molecule has 2 aliphatic heterocycles. The fraction of sp³-hybridized carbons (Fsp3) is 0.286. The molecule has 1 unspecified atom stereocenters. The van der Waals surface area contributed by atoms with E-state index in [1.165, 1.54) is 0 Å². The Labute approximate surface area is 202 Å². The zero-order valence-corrected chi connectivity index (χ0v) is 19.3. The summed E-state index contributed by atoms with van der Waals surface area (Å²) in [6, 6.07) is 20.4. The number of aliphatic carboxylic acids is 1. The number of carboxylic acids is 1. The molecule has 2 aromatic heterocycles. The minimum Gasteiger partial charge on any atom is -0.489 e. The van der Waals surface area contributed by atoms with Gasteiger partial charge >= 0.3 is 5.97 Å². The number of pyridine rings is 1. The van der Waals surface area contributed by atoms with E-state index < -0.39 is 12.0 Å². The van der Waals surface area contributed by atoms with Crippen LogP contribution in [-0.4, -0.2) is 38.6 Å². The van der Waals surface area contributed by atoms with E-state index in [9.17, 15) is 14.7 Å². The number of hydrogen-bond acceptors (Lipinski definition) is 4. The van der Waals surface area contributed by atoms with Crippen LogP contribution in [0, 0.1) is 5.92 Å². The summed E-state index contributed by atoms with van der Waals surface area (Å²) < 4.78 is 7.82. The second-order valence-corrected chi connectivity index (χ2v) is 9.62. The molecular weight excluding hydrogens is 442 g/mol. The Balaban J connectivity index is 1.27. The van der Waals surface area contributed by atoms with Gasteiger partial charge in [-0.3, -0.25) is 14.5 Å². The second-order valence-electron chi connectivity index (χ2n) is 9.62. The number of benzene rings is 2. The highest BCUT2D eigenvalue weighted by molar-refractivity contribution is 5.90. The highest BCUT2D eigenvalue weighted by atomic mass is 16.5. The van der Waals surface area contributed by atoms with Gasteiger partial charge in [-0.15, -0.1) is 0 Å². The lowest BCUT2D eigenvalue weighted by molar-refractivity contribution is -0.144. The summed E-state index contributed by atoms with van der Waals surface area (Å²) in [7, 11) is 0. The van der Waals surface area contributed by atoms with Crippen LogP contribution >= 0.6 is 0 Å². The van der Waals surface area contributed by atoms with Crippen molar-refractivity contribution in [3.05, 3.63) is 100 Å². The van der Waals surface area contributed by atoms with Crippen LogP contribution in [0.2, 0.25) is 0 Å². The molecule has 0 radical (unpaired) electrons. The Hall–Kier alpha value is -3.84. The predicted octanol–water partition coefficient (Wildman–Crippen LogP) is 4.15. The maximum Gasteiger partial charge on any atom is 0.325 e. The average Bonchev–Trinajstić information content (AvgIpc) is 3.27. The Morgan fingerprint density at radius 3 is 2.74 bits per heavy atom. The molecule has 4 heterocycles. The number of aromatic nitrogens is 2. The molecule has 7 nitrogen and oxygen atoms in total. The molecule has 178 valence electrons. The number of fused-ring (bicyclic) bond motifs is 5. The van der Waals surface area contributed by atoms with Gasteiger partial charge in [0.05, 0.1) is 0 Å². The highest BCUT2D eigenvalue weighted by Crippen LogP contribution is 2.40. The summed E-state index contributed by atoms with van der Waals surface area (Å²) >= 11 is 0. The van der Waals surface area contributed by atoms with Gasteiger partial charge in [-0.2, -0.15) is 0 Å². The number of nitrogens with one attached hydrogen (secondary N) is 1. The molecule has 1 saturated heterocycles. The van der Waals surface area contributed by atoms with Crippen molar-refractivity contribution in [2.45, 2.75) is 31.5 Å². The largest absolute Gasteiger partial charge is 0.489 e. The number of ether oxygens (including phenoxy) is 1. The van der Waals surface area contributed by atoms with E-state index in [4.69, 9.17) is 4.74 Å². The van der Waals surface area contributed by atoms with E-state index in [1.807, 2.05) is 65.4 Å². The van der Waals surface area contributed by atoms with Crippen LogP contribution in [0.15, 0.2) is 77.7 Å². The first kappa shape index (κ1) is 21.7. The monoisotopic (exact) mass is 469 g/mol. The number of piperidine rings is 1. The summed E-state index contributed by atoms with van der Waals surface area (Å²) in [5.74, 6) is 0.282. The number of carboxylic acid groups (broad SMARTS) is 1. The maximum atomic E-state index is 12.6. The molecule has 0 saturated carbocycles. The number of H-pyrrole nitrogens is 1. The van der Waals surface area contributed by atoms with Crippen LogP contribution in [0.1, 0.15) is 35.2 Å². The zero-order chi connectivity index (χ0) is 23.9. The molecule has 4 aromatic rings. The van der Waals surface area contributed by atoms with E-state index in [2.05, 4.69) is 9.88 Å². The van der Waals surface area contributed by atoms with Crippen LogP contribution in [-0.2, 0) is 17.9 Å². The zero-order valence-electron chi connectivity index (χ0n) is 19.3. The molecule has 0 aliphatic carbocycles. The van der Waals surface area contributed by atoms with Crippen molar-refractivity contribution in [3.63, 3.8) is 0 Å². The topological polar surface area (TPSA) is 87.6 Å². The third-order valence-corrected chi connectivity index (χ3v) is 7.34. The van der Waals surface area contributed by atoms with Gasteiger partial charge in [0.15, 0.2) is 0 Å². The fourth-order valence-corrected chi connectivity index (χ4v) is 5.81. The van der Waals surface area contributed by atoms with E-state index in [0.717, 1.165) is 39.9 Å². The van der Waals surface area contributed by atoms with Crippen molar-refractivity contribution in [2.75, 3.05) is 13.1 Å². The summed E-state index contributed by atoms with van der Waals surface area (Å²) in [6.45, 7) is 2.38. The Morgan fingerprint density at radius 1 is 1.06 bits per heavy atom. The van der Waals surface area contributed by atoms with Gasteiger partial charge in [0.2, 0.25) is 0 Å². The third kappa shape index (κ3) is 4.02. The minimum absolute atomic E-state index is 0.0300. The molecule has 0 amide bonds. The summed E-state index contributed by atoms with van der Waals surface area (Å²) in [4.78, 5) is 30.2. The Bertz CT molecular complexity index is 1440. The first-order chi connectivity index (χ1) is 17.1. The highest BCUT2D eigenvalue weighted by Gasteiger charge is 2.40. The van der Waals surface area contributed by atoms with Crippen LogP contribution in [0.4, 0.5) is 0 Å². The molecule has 0 spiro atoms. The standard InChI is InChI=1S/C28H27N3O4/c32-26-8-4-7-25-20-11-19(15-31(25)26)14-30(16-20)27(28(33)34)23-13-29-24-12-21(9-10-22(23)24)35-17-18-5-2-1-3-6-18/h1-10,12-13,19-20,27,29H,11,14-17H2,(H,33,34)/t19-,20-,27?/m1/s1. The number of hydrogen-bond donors (Lipinski definition) is 2. The van der Waals surface area contributed by atoms with E-state index in [0.29, 0.717) is 26.2 Å². The van der Waals surface area contributed by atoms with E-state index in [1.54, 1.807) is 12.1 Å². The van der Waals surface area contributed by atoms with Gasteiger partial charge in [0, 0.05) is 66.0 Å². The first-order valence-corrected chi connectivity index (χ1v) is 12.0. The number of carbonyl (C=O) groups is 1. The Kier molecular flexibility index (Phi) is 5.41. The Morgan fingerprint density at radius 2 is 1.91 bits per heavy atom. The normalized spacial score (nSPS) is 20.3. The smallest absolute Gasteiger partial charge is 0.325 e. The van der Waals surface area contributed by atoms with E-state index >= 15 is 0 Å². The van der Waals surface area contributed by atoms with Gasteiger partial charge in [-0.25, -0.2) is 0 Å². The number of likely N-dealkylation sites (tertiary alicyclic amines) is 1. The SMILES string of the molecule is O=C(O)C(c1c[nH]c2cc(OCc3ccccc3)ccc12)N1C[C@H]2C[C@H](C1)c1cccc(=O)n1C2. The molecule has 2 N–H and O–H groups in total. The first-order valence-electron chi connectivity index (χ1n) is 12.0. The van der Waals surface area contributed by atoms with E-state index in [-0.39, 0.29) is 17.4 Å². The van der Waals surface area contributed by atoms with Crippen molar-refractivity contribution >= 4 is 16.9 Å². The van der Waals surface area contributed by atoms with Crippen LogP contribution in [0.3, 0.4) is 0 Å². The molecule has 7 heteroatoms. The van der Waals surface area contributed by atoms with Gasteiger partial charge in [-0.05, 0) is 36.1 Å². The van der Waals surface area contributed by atoms with Crippen LogP contribution in [0.25, 0.3) is 10.9 Å². The second kappa shape index (κ2) is 8.74. The van der Waals surface area contributed by atoms with Crippen molar-refractivity contribution in [2.24, 2.45) is 5.92 Å². The molecule has 2 bridgehead atoms. The quantitative estimate of drug-likeness (QED) is 0.443. The minimum atomic E-state index is -0.860. The average molecular weight is 470 g/mol. The molecule has 1 fully saturated rings. The summed E-state index contributed by atoms with van der Waals surface area (Å²) in [5.41, 5.74) is 3.74. The van der Waals surface area contributed by atoms with Crippen molar-refractivity contribution in [1.82, 2.24) is 14.5 Å². The molecule has 6 rings (SSSR count). The lowest BCUT2D eigenvalue weighted by Crippen LogP contribution is -2.49. The maximum absolute atomic E-state index is 12.6. The van der Waals surface area contributed by atoms with Crippen LogP contribution < -0.4 is 10.3 Å². The third-order valence-electron chi connectivity index (χ3n) is 7.34. The molecule has 35 heavy (non-hydrogen) atoms. The van der Waals surface area contributed by atoms with Gasteiger partial charge in [0.25, 0.3) is 5.56 Å². The number of nitrogens with zero attached hydrogens (tertiary/aromatic N) is 2. The summed E-state index contributed by atoms with van der Waals surface area (Å²) in [6.07, 6.45) is 2.80. The molecule has 2 aliphatic rings. The van der Waals surface area contributed by atoms with Gasteiger partial charge < -0.3 is 19.4 Å². The van der Waals surface area contributed by atoms with Crippen LogP contribution in [0.5, 0.6) is 5.75 Å². The van der Waals surface area contributed by atoms with Crippen molar-refractivity contribution in [3.8, 4) is 5.75 Å². The lowest BCUT2D eigenvalue weighted by atomic mass is 9.82. The van der Waals surface area contributed by atoms with Crippen molar-refractivity contribution in [1.29, 1.82) is 0 Å². The molecule has 2 aromatic carbocycles. The fourth-order valence-electron chi connectivity index (χ4n) is 5.81. The van der Waals surface area contributed by atoms with Gasteiger partial charge in [0.1, 0.15) is 18.4 Å². The van der Waals surface area contributed by atoms with Crippen molar-refractivity contribution < 1.29 is 14.6 Å². The van der Waals surface area contributed by atoms with Gasteiger partial charge in [-0.1, -0.05) is 36.4 Å². The predicted molar refractivity (Wildman–Crippen MR) is 133 cm³/mol. The number of aromatic amines is 1. The summed E-state index contributed by atoms with van der Waals surface area (Å²) in [5, 5.41) is 11.2. The number of rotatable bonds is 6. The molecule has 3 atom stereocenters.